The Morgan fingerprint density at radius 1 is 0.947 bits per heavy atom. The monoisotopic (exact) mass is 268 g/mol. The van der Waals surface area contributed by atoms with Crippen LogP contribution >= 0.6 is 0 Å². The molecule has 1 aliphatic carbocycles. The fourth-order valence-corrected chi connectivity index (χ4v) is 3.24. The van der Waals surface area contributed by atoms with E-state index in [9.17, 15) is 0 Å². The van der Waals surface area contributed by atoms with E-state index in [1.807, 2.05) is 0 Å². The van der Waals surface area contributed by atoms with E-state index in [1.165, 1.54) is 51.6 Å². The molecule has 1 saturated carbocycles. The van der Waals surface area contributed by atoms with Crippen molar-refractivity contribution in [2.75, 3.05) is 19.6 Å². The summed E-state index contributed by atoms with van der Waals surface area (Å²) in [6.07, 6.45) is 8.17. The molecule has 1 rings (SSSR count). The number of hydrogen-bond donors (Lipinski definition) is 1. The first-order valence-electron chi connectivity index (χ1n) is 8.48. The molecule has 0 bridgehead atoms. The minimum absolute atomic E-state index is 0.744. The zero-order valence-electron chi connectivity index (χ0n) is 13.7. The molecule has 0 aromatic heterocycles. The third-order valence-electron chi connectivity index (χ3n) is 4.63. The number of nitrogens with two attached hydrogens (primary N) is 1. The van der Waals surface area contributed by atoms with E-state index in [0.29, 0.717) is 0 Å². The average molecular weight is 268 g/mol. The predicted octanol–water partition coefficient (Wildman–Crippen LogP) is 3.90. The zero-order valence-corrected chi connectivity index (χ0v) is 13.7. The molecule has 0 aromatic carbocycles. The molecule has 1 fully saturated rings. The Morgan fingerprint density at radius 2 is 1.47 bits per heavy atom. The molecular formula is C17H36N2. The van der Waals surface area contributed by atoms with Gasteiger partial charge in [-0.05, 0) is 63.1 Å². The second kappa shape index (κ2) is 8.97. The summed E-state index contributed by atoms with van der Waals surface area (Å²) in [4.78, 5) is 2.77. The standard InChI is InChI=1S/C17H36N2/c1-14(2)9-11-19(12-10-15(3)4)17-8-6-5-7-16(17)13-18/h14-17H,5-13,18H2,1-4H3. The maximum atomic E-state index is 6.02. The van der Waals surface area contributed by atoms with Gasteiger partial charge >= 0.3 is 0 Å². The molecule has 0 amide bonds. The summed E-state index contributed by atoms with van der Waals surface area (Å²) in [6, 6.07) is 0.760. The molecule has 0 spiro atoms. The highest BCUT2D eigenvalue weighted by atomic mass is 15.2. The third-order valence-corrected chi connectivity index (χ3v) is 4.63. The largest absolute Gasteiger partial charge is 0.330 e. The van der Waals surface area contributed by atoms with E-state index >= 15 is 0 Å². The van der Waals surface area contributed by atoms with Gasteiger partial charge < -0.3 is 10.6 Å². The van der Waals surface area contributed by atoms with Gasteiger partial charge in [-0.3, -0.25) is 0 Å². The summed E-state index contributed by atoms with van der Waals surface area (Å²) in [5.41, 5.74) is 6.02. The van der Waals surface area contributed by atoms with Gasteiger partial charge in [-0.1, -0.05) is 40.5 Å². The second-order valence-electron chi connectivity index (χ2n) is 7.25. The van der Waals surface area contributed by atoms with Gasteiger partial charge in [-0.15, -0.1) is 0 Å². The lowest BCUT2D eigenvalue weighted by molar-refractivity contribution is 0.0968. The van der Waals surface area contributed by atoms with Crippen LogP contribution in [-0.4, -0.2) is 30.6 Å². The summed E-state index contributed by atoms with van der Waals surface area (Å²) in [5.74, 6) is 2.36. The topological polar surface area (TPSA) is 29.3 Å². The number of hydrogen-bond acceptors (Lipinski definition) is 2. The Morgan fingerprint density at radius 3 is 1.95 bits per heavy atom. The summed E-state index contributed by atoms with van der Waals surface area (Å²) in [7, 11) is 0. The van der Waals surface area contributed by atoms with Crippen LogP contribution in [0.5, 0.6) is 0 Å². The van der Waals surface area contributed by atoms with Gasteiger partial charge in [-0.25, -0.2) is 0 Å². The molecule has 19 heavy (non-hydrogen) atoms. The van der Waals surface area contributed by atoms with Crippen LogP contribution < -0.4 is 5.73 Å². The van der Waals surface area contributed by atoms with Crippen molar-refractivity contribution in [1.82, 2.24) is 4.90 Å². The van der Waals surface area contributed by atoms with Gasteiger partial charge in [0.25, 0.3) is 0 Å². The first-order chi connectivity index (χ1) is 9.04. The van der Waals surface area contributed by atoms with Crippen LogP contribution in [0.1, 0.15) is 66.2 Å². The predicted molar refractivity (Wildman–Crippen MR) is 85.3 cm³/mol. The highest BCUT2D eigenvalue weighted by molar-refractivity contribution is 4.84. The lowest BCUT2D eigenvalue weighted by atomic mass is 9.83. The lowest BCUT2D eigenvalue weighted by Crippen LogP contribution is -2.46. The molecule has 0 radical (unpaired) electrons. The minimum atomic E-state index is 0.744. The van der Waals surface area contributed by atoms with Gasteiger partial charge in [-0.2, -0.15) is 0 Å². The molecule has 1 aliphatic rings. The molecule has 0 aromatic rings. The molecular weight excluding hydrogens is 232 g/mol. The summed E-state index contributed by atoms with van der Waals surface area (Å²) in [6.45, 7) is 12.8. The fraction of sp³-hybridized carbons (Fsp3) is 1.00. The number of rotatable bonds is 8. The number of nitrogens with zero attached hydrogens (tertiary/aromatic N) is 1. The van der Waals surface area contributed by atoms with E-state index in [-0.39, 0.29) is 0 Å². The SMILES string of the molecule is CC(C)CCN(CCC(C)C)C1CCCCC1CN. The van der Waals surface area contributed by atoms with E-state index in [2.05, 4.69) is 32.6 Å². The maximum absolute atomic E-state index is 6.02. The molecule has 0 saturated heterocycles. The highest BCUT2D eigenvalue weighted by Crippen LogP contribution is 2.28. The molecule has 2 nitrogen and oxygen atoms in total. The molecule has 2 N–H and O–H groups in total. The third kappa shape index (κ3) is 6.27. The minimum Gasteiger partial charge on any atom is -0.330 e. The van der Waals surface area contributed by atoms with Crippen LogP contribution in [-0.2, 0) is 0 Å². The van der Waals surface area contributed by atoms with Crippen LogP contribution in [0.3, 0.4) is 0 Å². The van der Waals surface area contributed by atoms with Crippen molar-refractivity contribution in [3.8, 4) is 0 Å². The van der Waals surface area contributed by atoms with Crippen molar-refractivity contribution in [2.45, 2.75) is 72.3 Å². The van der Waals surface area contributed by atoms with Gasteiger partial charge in [0.2, 0.25) is 0 Å². The van der Waals surface area contributed by atoms with Crippen LogP contribution in [0.25, 0.3) is 0 Å². The van der Waals surface area contributed by atoms with Gasteiger partial charge in [0, 0.05) is 6.04 Å². The van der Waals surface area contributed by atoms with Crippen molar-refractivity contribution in [2.24, 2.45) is 23.5 Å². The Labute approximate surface area is 121 Å². The summed E-state index contributed by atoms with van der Waals surface area (Å²) in [5, 5.41) is 0. The first kappa shape index (κ1) is 17.0. The Hall–Kier alpha value is -0.0800. The average Bonchev–Trinajstić information content (AvgIpc) is 2.38. The summed E-state index contributed by atoms with van der Waals surface area (Å²) < 4.78 is 0. The van der Waals surface area contributed by atoms with Crippen LogP contribution in [0.4, 0.5) is 0 Å². The molecule has 0 aliphatic heterocycles. The summed E-state index contributed by atoms with van der Waals surface area (Å²) >= 11 is 0. The molecule has 2 atom stereocenters. The van der Waals surface area contributed by atoms with Crippen molar-refractivity contribution in [3.05, 3.63) is 0 Å². The van der Waals surface area contributed by atoms with Crippen molar-refractivity contribution >= 4 is 0 Å². The van der Waals surface area contributed by atoms with Gasteiger partial charge in [0.05, 0.1) is 0 Å². The lowest BCUT2D eigenvalue weighted by Gasteiger charge is -2.40. The Balaban J connectivity index is 2.57. The first-order valence-corrected chi connectivity index (χ1v) is 8.48. The van der Waals surface area contributed by atoms with Crippen molar-refractivity contribution in [1.29, 1.82) is 0 Å². The van der Waals surface area contributed by atoms with Crippen molar-refractivity contribution < 1.29 is 0 Å². The van der Waals surface area contributed by atoms with Crippen LogP contribution in [0.2, 0.25) is 0 Å². The van der Waals surface area contributed by atoms with E-state index in [0.717, 1.165) is 30.3 Å². The van der Waals surface area contributed by atoms with Gasteiger partial charge in [0.1, 0.15) is 0 Å². The van der Waals surface area contributed by atoms with E-state index in [1.54, 1.807) is 0 Å². The fourth-order valence-electron chi connectivity index (χ4n) is 3.24. The molecule has 0 heterocycles. The quantitative estimate of drug-likeness (QED) is 0.723. The zero-order chi connectivity index (χ0) is 14.3. The normalized spacial score (nSPS) is 24.6. The maximum Gasteiger partial charge on any atom is 0.0136 e. The molecule has 2 unspecified atom stereocenters. The smallest absolute Gasteiger partial charge is 0.0136 e. The Kier molecular flexibility index (Phi) is 8.01. The highest BCUT2D eigenvalue weighted by Gasteiger charge is 2.28. The molecule has 2 heteroatoms. The van der Waals surface area contributed by atoms with Crippen LogP contribution in [0.15, 0.2) is 0 Å². The van der Waals surface area contributed by atoms with E-state index in [4.69, 9.17) is 5.73 Å². The van der Waals surface area contributed by atoms with E-state index < -0.39 is 0 Å². The van der Waals surface area contributed by atoms with Gasteiger partial charge in [0.15, 0.2) is 0 Å². The van der Waals surface area contributed by atoms with Crippen molar-refractivity contribution in [3.63, 3.8) is 0 Å². The van der Waals surface area contributed by atoms with Crippen LogP contribution in [0, 0.1) is 17.8 Å². The second-order valence-corrected chi connectivity index (χ2v) is 7.25. The molecule has 114 valence electrons. The Bertz CT molecular complexity index is 213.